The number of carbonyl (C=O) groups excluding carboxylic acids is 1. The summed E-state index contributed by atoms with van der Waals surface area (Å²) in [6, 6.07) is 22.3. The zero-order valence-corrected chi connectivity index (χ0v) is 18.8. The summed E-state index contributed by atoms with van der Waals surface area (Å²) < 4.78 is 28.4. The van der Waals surface area contributed by atoms with Crippen molar-refractivity contribution in [2.75, 3.05) is 22.4 Å². The van der Waals surface area contributed by atoms with Crippen LogP contribution in [0, 0.1) is 0 Å². The summed E-state index contributed by atoms with van der Waals surface area (Å²) in [5.41, 5.74) is 1.05. The van der Waals surface area contributed by atoms with Crippen LogP contribution in [0.5, 0.6) is 0 Å². The Morgan fingerprint density at radius 1 is 1.00 bits per heavy atom. The lowest BCUT2D eigenvalue weighted by Gasteiger charge is -2.24. The molecule has 0 fully saturated rings. The SMILES string of the molecule is CSc1ccccc1NC(=O)CN(c1cccc(Br)c1)S(=O)(=O)c1ccccc1. The Kier molecular flexibility index (Phi) is 7.00. The van der Waals surface area contributed by atoms with Crippen LogP contribution >= 0.6 is 27.7 Å². The Balaban J connectivity index is 1.95. The Bertz CT molecular complexity index is 1110. The van der Waals surface area contributed by atoms with Crippen LogP contribution in [-0.2, 0) is 14.8 Å². The van der Waals surface area contributed by atoms with Gasteiger partial charge >= 0.3 is 0 Å². The summed E-state index contributed by atoms with van der Waals surface area (Å²) >= 11 is 4.87. The molecule has 0 aromatic heterocycles. The van der Waals surface area contributed by atoms with Crippen LogP contribution in [0.2, 0.25) is 0 Å². The number of halogens is 1. The third kappa shape index (κ3) is 5.20. The number of nitrogens with zero attached hydrogens (tertiary/aromatic N) is 1. The predicted octanol–water partition coefficient (Wildman–Crippen LogP) is 5.01. The first-order valence-corrected chi connectivity index (χ1v) is 12.1. The van der Waals surface area contributed by atoms with E-state index in [0.717, 1.165) is 13.7 Å². The molecule has 0 aliphatic carbocycles. The van der Waals surface area contributed by atoms with Gasteiger partial charge in [-0.2, -0.15) is 0 Å². The lowest BCUT2D eigenvalue weighted by Crippen LogP contribution is -2.38. The Morgan fingerprint density at radius 3 is 2.38 bits per heavy atom. The quantitative estimate of drug-likeness (QED) is 0.473. The largest absolute Gasteiger partial charge is 0.323 e. The van der Waals surface area contributed by atoms with E-state index in [-0.39, 0.29) is 11.4 Å². The molecule has 0 saturated carbocycles. The molecule has 0 bridgehead atoms. The summed E-state index contributed by atoms with van der Waals surface area (Å²) in [5.74, 6) is -0.425. The minimum absolute atomic E-state index is 0.122. The van der Waals surface area contributed by atoms with Crippen LogP contribution < -0.4 is 9.62 Å². The van der Waals surface area contributed by atoms with Gasteiger partial charge in [-0.1, -0.05) is 52.3 Å². The molecule has 5 nitrogen and oxygen atoms in total. The molecule has 0 spiro atoms. The first-order chi connectivity index (χ1) is 13.9. The summed E-state index contributed by atoms with van der Waals surface area (Å²) in [4.78, 5) is 13.8. The molecule has 1 amide bonds. The van der Waals surface area contributed by atoms with E-state index in [1.165, 1.54) is 23.9 Å². The highest BCUT2D eigenvalue weighted by Crippen LogP contribution is 2.27. The van der Waals surface area contributed by atoms with E-state index in [1.807, 2.05) is 24.5 Å². The second-order valence-corrected chi connectivity index (χ2v) is 9.68. The Hall–Kier alpha value is -2.29. The lowest BCUT2D eigenvalue weighted by molar-refractivity contribution is -0.114. The van der Waals surface area contributed by atoms with Gasteiger partial charge in [0.25, 0.3) is 10.0 Å². The maximum absolute atomic E-state index is 13.3. The summed E-state index contributed by atoms with van der Waals surface area (Å²) in [7, 11) is -3.93. The van der Waals surface area contributed by atoms with Crippen LogP contribution in [0.4, 0.5) is 11.4 Å². The number of carbonyl (C=O) groups is 1. The standard InChI is InChI=1S/C21H19BrN2O3S2/c1-28-20-13-6-5-12-19(20)23-21(25)15-24(17-9-7-8-16(22)14-17)29(26,27)18-10-3-2-4-11-18/h2-14H,15H2,1H3,(H,23,25). The number of amides is 1. The normalized spacial score (nSPS) is 11.1. The number of anilines is 2. The fourth-order valence-electron chi connectivity index (χ4n) is 2.73. The average Bonchev–Trinajstić information content (AvgIpc) is 2.73. The third-order valence-electron chi connectivity index (χ3n) is 4.10. The highest BCUT2D eigenvalue weighted by molar-refractivity contribution is 9.10. The van der Waals surface area contributed by atoms with E-state index in [0.29, 0.717) is 11.4 Å². The number of hydrogen-bond donors (Lipinski definition) is 1. The van der Waals surface area contributed by atoms with Crippen molar-refractivity contribution in [1.82, 2.24) is 0 Å². The van der Waals surface area contributed by atoms with Crippen LogP contribution in [-0.4, -0.2) is 27.1 Å². The van der Waals surface area contributed by atoms with E-state index >= 15 is 0 Å². The first-order valence-electron chi connectivity index (χ1n) is 8.68. The minimum Gasteiger partial charge on any atom is -0.323 e. The molecule has 3 aromatic carbocycles. The van der Waals surface area contributed by atoms with E-state index in [4.69, 9.17) is 0 Å². The molecule has 1 N–H and O–H groups in total. The molecule has 0 aliphatic rings. The number of sulfonamides is 1. The maximum atomic E-state index is 13.3. The van der Waals surface area contributed by atoms with E-state index in [1.54, 1.807) is 48.5 Å². The molecular weight excluding hydrogens is 472 g/mol. The summed E-state index contributed by atoms with van der Waals surface area (Å²) in [5, 5.41) is 2.82. The number of para-hydroxylation sites is 1. The highest BCUT2D eigenvalue weighted by atomic mass is 79.9. The molecule has 0 unspecified atom stereocenters. The predicted molar refractivity (Wildman–Crippen MR) is 122 cm³/mol. The van der Waals surface area contributed by atoms with E-state index in [9.17, 15) is 13.2 Å². The van der Waals surface area contributed by atoms with Crippen LogP contribution in [0.25, 0.3) is 0 Å². The average molecular weight is 491 g/mol. The molecule has 0 heterocycles. The van der Waals surface area contributed by atoms with Crippen LogP contribution in [0.1, 0.15) is 0 Å². The second-order valence-electron chi connectivity index (χ2n) is 6.05. The Labute approximate surface area is 183 Å². The van der Waals surface area contributed by atoms with E-state index < -0.39 is 15.9 Å². The number of benzene rings is 3. The van der Waals surface area contributed by atoms with Crippen molar-refractivity contribution in [3.63, 3.8) is 0 Å². The van der Waals surface area contributed by atoms with Gasteiger partial charge in [0, 0.05) is 9.37 Å². The van der Waals surface area contributed by atoms with Gasteiger partial charge < -0.3 is 5.32 Å². The summed E-state index contributed by atoms with van der Waals surface area (Å²) in [6.45, 7) is -0.351. The molecule has 3 rings (SSSR count). The zero-order chi connectivity index (χ0) is 20.9. The molecule has 3 aromatic rings. The van der Waals surface area contributed by atoms with Crippen molar-refractivity contribution in [3.05, 3.63) is 83.3 Å². The fourth-order valence-corrected chi connectivity index (χ4v) is 5.11. The molecule has 0 atom stereocenters. The van der Waals surface area contributed by atoms with Gasteiger partial charge in [-0.05, 0) is 48.7 Å². The van der Waals surface area contributed by atoms with Gasteiger partial charge in [-0.25, -0.2) is 8.42 Å². The van der Waals surface area contributed by atoms with Crippen molar-refractivity contribution in [2.45, 2.75) is 9.79 Å². The van der Waals surface area contributed by atoms with Crippen molar-refractivity contribution in [3.8, 4) is 0 Å². The number of nitrogens with one attached hydrogen (secondary N) is 1. The second kappa shape index (κ2) is 9.47. The van der Waals surface area contributed by atoms with Crippen molar-refractivity contribution in [2.24, 2.45) is 0 Å². The van der Waals surface area contributed by atoms with Crippen LogP contribution in [0.3, 0.4) is 0 Å². The van der Waals surface area contributed by atoms with Crippen molar-refractivity contribution in [1.29, 1.82) is 0 Å². The zero-order valence-electron chi connectivity index (χ0n) is 15.6. The van der Waals surface area contributed by atoms with Gasteiger partial charge in [0.05, 0.1) is 16.3 Å². The smallest absolute Gasteiger partial charge is 0.264 e. The number of rotatable bonds is 7. The summed E-state index contributed by atoms with van der Waals surface area (Å²) in [6.07, 6.45) is 1.92. The molecule has 0 aliphatic heterocycles. The number of hydrogen-bond acceptors (Lipinski definition) is 4. The van der Waals surface area contributed by atoms with Gasteiger partial charge in [-0.3, -0.25) is 9.10 Å². The highest BCUT2D eigenvalue weighted by Gasteiger charge is 2.27. The Morgan fingerprint density at radius 2 is 1.69 bits per heavy atom. The van der Waals surface area contributed by atoms with Gasteiger partial charge in [-0.15, -0.1) is 11.8 Å². The van der Waals surface area contributed by atoms with Crippen molar-refractivity contribution >= 4 is 55.0 Å². The lowest BCUT2D eigenvalue weighted by atomic mass is 10.3. The topological polar surface area (TPSA) is 66.5 Å². The van der Waals surface area contributed by atoms with Crippen molar-refractivity contribution < 1.29 is 13.2 Å². The van der Waals surface area contributed by atoms with E-state index in [2.05, 4.69) is 21.2 Å². The third-order valence-corrected chi connectivity index (χ3v) is 7.17. The maximum Gasteiger partial charge on any atom is 0.264 e. The molecular formula is C21H19BrN2O3S2. The molecule has 8 heteroatoms. The fraction of sp³-hybridized carbons (Fsp3) is 0.0952. The van der Waals surface area contributed by atoms with Crippen LogP contribution in [0.15, 0.2) is 93.1 Å². The molecule has 29 heavy (non-hydrogen) atoms. The first kappa shape index (κ1) is 21.4. The van der Waals surface area contributed by atoms with Gasteiger partial charge in [0.1, 0.15) is 6.54 Å². The molecule has 0 radical (unpaired) electrons. The molecule has 0 saturated heterocycles. The number of thioether (sulfide) groups is 1. The molecule has 150 valence electrons. The van der Waals surface area contributed by atoms with Gasteiger partial charge in [0.2, 0.25) is 5.91 Å². The minimum atomic E-state index is -3.93. The van der Waals surface area contributed by atoms with Gasteiger partial charge in [0.15, 0.2) is 0 Å². The monoisotopic (exact) mass is 490 g/mol.